The van der Waals surface area contributed by atoms with Crippen LogP contribution in [-0.4, -0.2) is 23.6 Å². The molecule has 1 aromatic heterocycles. The summed E-state index contributed by atoms with van der Waals surface area (Å²) >= 11 is 0. The van der Waals surface area contributed by atoms with Gasteiger partial charge in [0.05, 0.1) is 0 Å². The smallest absolute Gasteiger partial charge is 0.159 e. The first kappa shape index (κ1) is 16.9. The molecule has 1 heterocycles. The van der Waals surface area contributed by atoms with Crippen molar-refractivity contribution in [3.63, 3.8) is 0 Å². The van der Waals surface area contributed by atoms with Gasteiger partial charge in [0, 0.05) is 24.9 Å². The number of methoxy groups -OCH3 is 1. The highest BCUT2D eigenvalue weighted by atomic mass is 16.5. The number of aryl methyl sites for hydroxylation is 1. The van der Waals surface area contributed by atoms with Crippen molar-refractivity contribution in [2.75, 3.05) is 19.0 Å². The van der Waals surface area contributed by atoms with Crippen molar-refractivity contribution < 1.29 is 4.74 Å². The molecule has 0 radical (unpaired) electrons. The van der Waals surface area contributed by atoms with Crippen LogP contribution in [0.5, 0.6) is 0 Å². The van der Waals surface area contributed by atoms with Gasteiger partial charge in [-0.3, -0.25) is 0 Å². The summed E-state index contributed by atoms with van der Waals surface area (Å²) in [6.07, 6.45) is 3.08. The van der Waals surface area contributed by atoms with Crippen molar-refractivity contribution in [2.45, 2.75) is 65.9 Å². The van der Waals surface area contributed by atoms with Crippen LogP contribution in [0.4, 0.5) is 5.82 Å². The highest BCUT2D eigenvalue weighted by Gasteiger charge is 2.19. The molecule has 0 bridgehead atoms. The molecule has 20 heavy (non-hydrogen) atoms. The molecule has 1 aromatic rings. The largest absolute Gasteiger partial charge is 0.373 e. The summed E-state index contributed by atoms with van der Waals surface area (Å²) in [7, 11) is 1.73. The van der Waals surface area contributed by atoms with Gasteiger partial charge in [0.15, 0.2) is 5.82 Å². The fourth-order valence-corrected chi connectivity index (χ4v) is 2.43. The Bertz CT molecular complexity index is 418. The SMILES string of the molecule is CCCNc1nc(C(CCC)OC)nc(C)c1C(C)C. The average Bonchev–Trinajstić information content (AvgIpc) is 2.41. The molecule has 4 heteroatoms. The fraction of sp³-hybridized carbons (Fsp3) is 0.750. The van der Waals surface area contributed by atoms with Gasteiger partial charge < -0.3 is 10.1 Å². The number of hydrogen-bond donors (Lipinski definition) is 1. The molecule has 0 spiro atoms. The highest BCUT2D eigenvalue weighted by Crippen LogP contribution is 2.28. The van der Waals surface area contributed by atoms with E-state index < -0.39 is 0 Å². The molecule has 1 N–H and O–H groups in total. The van der Waals surface area contributed by atoms with E-state index in [9.17, 15) is 0 Å². The van der Waals surface area contributed by atoms with Gasteiger partial charge in [-0.15, -0.1) is 0 Å². The second kappa shape index (κ2) is 8.20. The lowest BCUT2D eigenvalue weighted by atomic mass is 10.0. The topological polar surface area (TPSA) is 47.0 Å². The van der Waals surface area contributed by atoms with Crippen LogP contribution in [-0.2, 0) is 4.74 Å². The molecule has 114 valence electrons. The lowest BCUT2D eigenvalue weighted by Gasteiger charge is -2.20. The third kappa shape index (κ3) is 4.17. The predicted molar refractivity (Wildman–Crippen MR) is 84.3 cm³/mol. The summed E-state index contributed by atoms with van der Waals surface area (Å²) in [5.41, 5.74) is 2.27. The molecule has 1 rings (SSSR count). The first-order chi connectivity index (χ1) is 9.54. The van der Waals surface area contributed by atoms with Crippen molar-refractivity contribution in [3.05, 3.63) is 17.1 Å². The number of aromatic nitrogens is 2. The number of nitrogens with zero attached hydrogens (tertiary/aromatic N) is 2. The average molecular weight is 279 g/mol. The molecule has 0 saturated carbocycles. The molecule has 0 fully saturated rings. The molecular weight excluding hydrogens is 250 g/mol. The summed E-state index contributed by atoms with van der Waals surface area (Å²) < 4.78 is 5.54. The Hall–Kier alpha value is -1.16. The van der Waals surface area contributed by atoms with Gasteiger partial charge >= 0.3 is 0 Å². The minimum atomic E-state index is -0.0120. The number of nitrogens with one attached hydrogen (secondary N) is 1. The Morgan fingerprint density at radius 1 is 1.15 bits per heavy atom. The Kier molecular flexibility index (Phi) is 6.93. The minimum Gasteiger partial charge on any atom is -0.373 e. The molecule has 4 nitrogen and oxygen atoms in total. The minimum absolute atomic E-state index is 0.0120. The molecule has 0 aliphatic carbocycles. The monoisotopic (exact) mass is 279 g/mol. The van der Waals surface area contributed by atoms with Gasteiger partial charge in [-0.25, -0.2) is 9.97 Å². The number of anilines is 1. The molecule has 0 amide bonds. The highest BCUT2D eigenvalue weighted by molar-refractivity contribution is 5.48. The molecule has 1 atom stereocenters. The fourth-order valence-electron chi connectivity index (χ4n) is 2.43. The van der Waals surface area contributed by atoms with Gasteiger partial charge in [0.25, 0.3) is 0 Å². The standard InChI is InChI=1S/C16H29N3O/c1-7-9-13(20-6)15-18-12(5)14(11(3)4)16(19-15)17-10-8-2/h11,13H,7-10H2,1-6H3,(H,17,18,19). The second-order valence-electron chi connectivity index (χ2n) is 5.52. The van der Waals surface area contributed by atoms with Gasteiger partial charge in [-0.2, -0.15) is 0 Å². The molecule has 0 saturated heterocycles. The molecule has 0 aromatic carbocycles. The summed E-state index contributed by atoms with van der Waals surface area (Å²) in [4.78, 5) is 9.41. The molecule has 0 aliphatic rings. The van der Waals surface area contributed by atoms with Crippen LogP contribution in [0.15, 0.2) is 0 Å². The second-order valence-corrected chi connectivity index (χ2v) is 5.52. The summed E-state index contributed by atoms with van der Waals surface area (Å²) in [5, 5.41) is 3.44. The maximum Gasteiger partial charge on any atom is 0.159 e. The third-order valence-corrected chi connectivity index (χ3v) is 3.40. The summed E-state index contributed by atoms with van der Waals surface area (Å²) in [6.45, 7) is 11.7. The first-order valence-corrected chi connectivity index (χ1v) is 7.70. The maximum absolute atomic E-state index is 5.54. The Labute approximate surface area is 123 Å². The van der Waals surface area contributed by atoms with Gasteiger partial charge in [-0.05, 0) is 25.7 Å². The van der Waals surface area contributed by atoms with Gasteiger partial charge in [0.1, 0.15) is 11.9 Å². The quantitative estimate of drug-likeness (QED) is 0.774. The van der Waals surface area contributed by atoms with E-state index >= 15 is 0 Å². The molecule has 0 aliphatic heterocycles. The number of ether oxygens (including phenoxy) is 1. The van der Waals surface area contributed by atoms with E-state index in [1.165, 1.54) is 5.56 Å². The van der Waals surface area contributed by atoms with Crippen LogP contribution >= 0.6 is 0 Å². The van der Waals surface area contributed by atoms with Crippen molar-refractivity contribution in [1.29, 1.82) is 0 Å². The number of hydrogen-bond acceptors (Lipinski definition) is 4. The van der Waals surface area contributed by atoms with Crippen LogP contribution in [0.3, 0.4) is 0 Å². The Balaban J connectivity index is 3.18. The zero-order valence-corrected chi connectivity index (χ0v) is 13.8. The summed E-state index contributed by atoms with van der Waals surface area (Å²) in [6, 6.07) is 0. The summed E-state index contributed by atoms with van der Waals surface area (Å²) in [5.74, 6) is 2.19. The van der Waals surface area contributed by atoms with Crippen molar-refractivity contribution in [1.82, 2.24) is 9.97 Å². The Morgan fingerprint density at radius 2 is 1.85 bits per heavy atom. The van der Waals surface area contributed by atoms with Crippen LogP contribution in [0.1, 0.15) is 76.1 Å². The van der Waals surface area contributed by atoms with E-state index in [4.69, 9.17) is 9.72 Å². The van der Waals surface area contributed by atoms with Gasteiger partial charge in [0.2, 0.25) is 0 Å². The van der Waals surface area contributed by atoms with E-state index in [0.717, 1.165) is 43.1 Å². The number of rotatable bonds is 8. The predicted octanol–water partition coefficient (Wildman–Crippen LogP) is 4.22. The van der Waals surface area contributed by atoms with Crippen molar-refractivity contribution in [3.8, 4) is 0 Å². The van der Waals surface area contributed by atoms with E-state index in [1.807, 2.05) is 0 Å². The van der Waals surface area contributed by atoms with Crippen LogP contribution < -0.4 is 5.32 Å². The molecular formula is C16H29N3O. The van der Waals surface area contributed by atoms with E-state index in [2.05, 4.69) is 44.9 Å². The zero-order chi connectivity index (χ0) is 15.1. The lowest BCUT2D eigenvalue weighted by molar-refractivity contribution is 0.0875. The third-order valence-electron chi connectivity index (χ3n) is 3.40. The zero-order valence-electron chi connectivity index (χ0n) is 13.8. The Morgan fingerprint density at radius 3 is 2.35 bits per heavy atom. The van der Waals surface area contributed by atoms with E-state index in [0.29, 0.717) is 5.92 Å². The normalized spacial score (nSPS) is 12.8. The van der Waals surface area contributed by atoms with Crippen molar-refractivity contribution >= 4 is 5.82 Å². The van der Waals surface area contributed by atoms with E-state index in [1.54, 1.807) is 7.11 Å². The first-order valence-electron chi connectivity index (χ1n) is 7.70. The van der Waals surface area contributed by atoms with E-state index in [-0.39, 0.29) is 6.10 Å². The maximum atomic E-state index is 5.54. The lowest BCUT2D eigenvalue weighted by Crippen LogP contribution is -2.15. The van der Waals surface area contributed by atoms with Gasteiger partial charge in [-0.1, -0.05) is 34.1 Å². The molecule has 1 unspecified atom stereocenters. The van der Waals surface area contributed by atoms with Crippen molar-refractivity contribution in [2.24, 2.45) is 0 Å². The van der Waals surface area contributed by atoms with Crippen LogP contribution in [0.25, 0.3) is 0 Å². The van der Waals surface area contributed by atoms with Crippen LogP contribution in [0.2, 0.25) is 0 Å². The van der Waals surface area contributed by atoms with Crippen LogP contribution in [0, 0.1) is 6.92 Å².